The van der Waals surface area contributed by atoms with Crippen LogP contribution in [0.5, 0.6) is 5.75 Å². The van der Waals surface area contributed by atoms with Crippen LogP contribution in [0.2, 0.25) is 0 Å². The normalized spacial score (nSPS) is 12.5. The zero-order valence-electron chi connectivity index (χ0n) is 14.4. The molecule has 124 valence electrons. The Kier molecular flexibility index (Phi) is 7.22. The largest absolute Gasteiger partial charge is 0.493 e. The predicted octanol–water partition coefficient (Wildman–Crippen LogP) is 3.90. The van der Waals surface area contributed by atoms with E-state index in [0.29, 0.717) is 25.0 Å². The van der Waals surface area contributed by atoms with E-state index in [2.05, 4.69) is 32.6 Å². The Morgan fingerprint density at radius 2 is 1.64 bits per heavy atom. The van der Waals surface area contributed by atoms with Gasteiger partial charge in [0, 0.05) is 18.8 Å². The van der Waals surface area contributed by atoms with Gasteiger partial charge < -0.3 is 14.7 Å². The zero-order chi connectivity index (χ0) is 16.7. The van der Waals surface area contributed by atoms with Crippen molar-refractivity contribution in [3.05, 3.63) is 24.3 Å². The van der Waals surface area contributed by atoms with E-state index in [0.717, 1.165) is 18.0 Å². The first kappa shape index (κ1) is 18.3. The van der Waals surface area contributed by atoms with Gasteiger partial charge in [-0.05, 0) is 36.1 Å². The molecule has 22 heavy (non-hydrogen) atoms. The number of ether oxygens (including phenoxy) is 1. The minimum atomic E-state index is -0.759. The fraction of sp³-hybridized carbons (Fsp3) is 0.611. The number of rotatable bonds is 9. The van der Waals surface area contributed by atoms with Gasteiger partial charge in [-0.25, -0.2) is 0 Å². The van der Waals surface area contributed by atoms with Gasteiger partial charge in [0.1, 0.15) is 5.75 Å². The molecule has 0 saturated carbocycles. The third kappa shape index (κ3) is 6.37. The third-order valence-corrected chi connectivity index (χ3v) is 3.29. The van der Waals surface area contributed by atoms with E-state index in [9.17, 15) is 4.79 Å². The van der Waals surface area contributed by atoms with Gasteiger partial charge in [-0.1, -0.05) is 34.6 Å². The molecule has 0 aromatic heterocycles. The maximum absolute atomic E-state index is 11.1. The molecule has 0 amide bonds. The van der Waals surface area contributed by atoms with Crippen LogP contribution in [0.25, 0.3) is 0 Å². The minimum absolute atomic E-state index is 0.393. The van der Waals surface area contributed by atoms with E-state index in [4.69, 9.17) is 9.84 Å². The molecule has 4 heteroatoms. The lowest BCUT2D eigenvalue weighted by atomic mass is 10.1. The summed E-state index contributed by atoms with van der Waals surface area (Å²) in [6.07, 6.45) is 0. The molecular weight excluding hydrogens is 278 g/mol. The van der Waals surface area contributed by atoms with Crippen molar-refractivity contribution in [2.45, 2.75) is 34.6 Å². The highest BCUT2D eigenvalue weighted by Crippen LogP contribution is 2.22. The Bertz CT molecular complexity index is 454. The Hall–Kier alpha value is -1.71. The van der Waals surface area contributed by atoms with E-state index in [1.165, 1.54) is 0 Å². The predicted molar refractivity (Wildman–Crippen MR) is 90.6 cm³/mol. The van der Waals surface area contributed by atoms with Gasteiger partial charge in [0.05, 0.1) is 12.5 Å². The second-order valence-corrected chi connectivity index (χ2v) is 6.74. The molecule has 0 aliphatic heterocycles. The van der Waals surface area contributed by atoms with Crippen LogP contribution in [0.15, 0.2) is 24.3 Å². The third-order valence-electron chi connectivity index (χ3n) is 3.29. The monoisotopic (exact) mass is 307 g/mol. The van der Waals surface area contributed by atoms with Gasteiger partial charge >= 0.3 is 5.97 Å². The van der Waals surface area contributed by atoms with Gasteiger partial charge in [0.15, 0.2) is 0 Å². The van der Waals surface area contributed by atoms with E-state index in [-0.39, 0.29) is 0 Å². The standard InChI is InChI=1S/C18H29NO3/c1-13(2)10-19(11-15(5)18(20)21)16-6-8-17(9-7-16)22-12-14(3)4/h6-9,13-15H,10-12H2,1-5H3,(H,20,21). The van der Waals surface area contributed by atoms with Crippen molar-refractivity contribution in [3.8, 4) is 5.75 Å². The average molecular weight is 307 g/mol. The first-order valence-corrected chi connectivity index (χ1v) is 8.00. The molecule has 0 aliphatic rings. The molecule has 1 aromatic rings. The summed E-state index contributed by atoms with van der Waals surface area (Å²) in [6.45, 7) is 12.3. The van der Waals surface area contributed by atoms with Crippen molar-refractivity contribution < 1.29 is 14.6 Å². The van der Waals surface area contributed by atoms with Crippen LogP contribution in [0.4, 0.5) is 5.69 Å². The fourth-order valence-corrected chi connectivity index (χ4v) is 2.15. The van der Waals surface area contributed by atoms with Gasteiger partial charge in [0.2, 0.25) is 0 Å². The number of carboxylic acids is 1. The van der Waals surface area contributed by atoms with Crippen LogP contribution in [0, 0.1) is 17.8 Å². The number of aliphatic carboxylic acids is 1. The summed E-state index contributed by atoms with van der Waals surface area (Å²) in [5.41, 5.74) is 1.04. The van der Waals surface area contributed by atoms with Gasteiger partial charge in [-0.15, -0.1) is 0 Å². The molecule has 1 atom stereocenters. The number of hydrogen-bond donors (Lipinski definition) is 1. The number of nitrogens with zero attached hydrogens (tertiary/aromatic N) is 1. The lowest BCUT2D eigenvalue weighted by Gasteiger charge is -2.28. The molecule has 1 unspecified atom stereocenters. The van der Waals surface area contributed by atoms with Crippen molar-refractivity contribution >= 4 is 11.7 Å². The van der Waals surface area contributed by atoms with Crippen LogP contribution in [-0.4, -0.2) is 30.8 Å². The quantitative estimate of drug-likeness (QED) is 0.751. The van der Waals surface area contributed by atoms with Crippen LogP contribution in [0.1, 0.15) is 34.6 Å². The summed E-state index contributed by atoms with van der Waals surface area (Å²) >= 11 is 0. The Morgan fingerprint density at radius 3 is 2.09 bits per heavy atom. The molecule has 0 heterocycles. The average Bonchev–Trinajstić information content (AvgIpc) is 2.44. The summed E-state index contributed by atoms with van der Waals surface area (Å²) in [4.78, 5) is 13.2. The lowest BCUT2D eigenvalue weighted by Crippen LogP contribution is -2.34. The Balaban J connectivity index is 2.78. The molecule has 0 spiro atoms. The first-order chi connectivity index (χ1) is 10.3. The van der Waals surface area contributed by atoms with Gasteiger partial charge in [-0.3, -0.25) is 4.79 Å². The minimum Gasteiger partial charge on any atom is -0.493 e. The molecule has 1 rings (SSSR count). The summed E-state index contributed by atoms with van der Waals surface area (Å²) in [5, 5.41) is 9.13. The zero-order valence-corrected chi connectivity index (χ0v) is 14.4. The van der Waals surface area contributed by atoms with Crippen molar-refractivity contribution in [1.82, 2.24) is 0 Å². The molecule has 4 nitrogen and oxygen atoms in total. The van der Waals surface area contributed by atoms with Crippen LogP contribution in [-0.2, 0) is 4.79 Å². The van der Waals surface area contributed by atoms with Gasteiger partial charge in [-0.2, -0.15) is 0 Å². The molecule has 1 N–H and O–H groups in total. The van der Waals surface area contributed by atoms with Crippen LogP contribution >= 0.6 is 0 Å². The second kappa shape index (κ2) is 8.66. The SMILES string of the molecule is CC(C)COc1ccc(N(CC(C)C)CC(C)C(=O)O)cc1. The van der Waals surface area contributed by atoms with Crippen molar-refractivity contribution in [3.63, 3.8) is 0 Å². The summed E-state index contributed by atoms with van der Waals surface area (Å²) in [6, 6.07) is 7.92. The fourth-order valence-electron chi connectivity index (χ4n) is 2.15. The maximum atomic E-state index is 11.1. The molecule has 0 fully saturated rings. The summed E-state index contributed by atoms with van der Waals surface area (Å²) < 4.78 is 5.69. The molecule has 0 radical (unpaired) electrons. The van der Waals surface area contributed by atoms with E-state index >= 15 is 0 Å². The second-order valence-electron chi connectivity index (χ2n) is 6.74. The number of hydrogen-bond acceptors (Lipinski definition) is 3. The molecular formula is C18H29NO3. The van der Waals surface area contributed by atoms with Crippen molar-refractivity contribution in [2.24, 2.45) is 17.8 Å². The topological polar surface area (TPSA) is 49.8 Å². The Labute approximate surface area is 134 Å². The molecule has 0 saturated heterocycles. The number of carboxylic acid groups (broad SMARTS) is 1. The number of carbonyl (C=O) groups is 1. The summed E-state index contributed by atoms with van der Waals surface area (Å²) in [7, 11) is 0. The van der Waals surface area contributed by atoms with Crippen molar-refractivity contribution in [1.29, 1.82) is 0 Å². The smallest absolute Gasteiger partial charge is 0.308 e. The lowest BCUT2D eigenvalue weighted by molar-refractivity contribution is -0.140. The highest BCUT2D eigenvalue weighted by atomic mass is 16.5. The van der Waals surface area contributed by atoms with E-state index in [1.807, 2.05) is 24.3 Å². The van der Waals surface area contributed by atoms with Crippen LogP contribution < -0.4 is 9.64 Å². The molecule has 0 bridgehead atoms. The highest BCUT2D eigenvalue weighted by molar-refractivity contribution is 5.70. The summed E-state index contributed by atoms with van der Waals surface area (Å²) in [5.74, 6) is 0.667. The number of benzene rings is 1. The molecule has 1 aromatic carbocycles. The number of anilines is 1. The Morgan fingerprint density at radius 1 is 1.05 bits per heavy atom. The van der Waals surface area contributed by atoms with E-state index in [1.54, 1.807) is 6.92 Å². The highest BCUT2D eigenvalue weighted by Gasteiger charge is 2.17. The first-order valence-electron chi connectivity index (χ1n) is 8.00. The van der Waals surface area contributed by atoms with Crippen LogP contribution in [0.3, 0.4) is 0 Å². The van der Waals surface area contributed by atoms with Crippen molar-refractivity contribution in [2.75, 3.05) is 24.6 Å². The maximum Gasteiger partial charge on any atom is 0.308 e. The molecule has 0 aliphatic carbocycles. The van der Waals surface area contributed by atoms with E-state index < -0.39 is 11.9 Å². The van der Waals surface area contributed by atoms with Gasteiger partial charge in [0.25, 0.3) is 0 Å².